The molecule has 0 spiro atoms. The first-order chi connectivity index (χ1) is 14.5. The van der Waals surface area contributed by atoms with Crippen LogP contribution in [0.3, 0.4) is 0 Å². The molecule has 1 saturated heterocycles. The Morgan fingerprint density at radius 2 is 1.81 bits per heavy atom. The lowest BCUT2D eigenvalue weighted by Crippen LogP contribution is -2.58. The average molecular weight is 438 g/mol. The third-order valence-electron chi connectivity index (χ3n) is 6.04. The topological polar surface area (TPSA) is 79.0 Å². The molecular formula is C24H43N3O4. The molecule has 1 aliphatic heterocycles. The number of hydrogen-bond donors (Lipinski definition) is 1. The number of likely N-dealkylation sites (N-methyl/N-ethyl adjacent to an activating group) is 1. The Bertz CT molecular complexity index is 645. The highest BCUT2D eigenvalue weighted by Gasteiger charge is 2.35. The second kappa shape index (κ2) is 12.8. The molecule has 0 aliphatic carbocycles. The van der Waals surface area contributed by atoms with E-state index in [1.54, 1.807) is 31.9 Å². The van der Waals surface area contributed by atoms with Crippen LogP contribution in [-0.2, 0) is 19.1 Å². The standard InChI is InChI=1S/C24H43N3O4/c1-9-19(15-18(7)24(30)31-10-2)26(8)23(29)21(16(3)4)25-22(28)20-13-11-12-14-27(20)17(5)6/h15-17,19-21H,9-14H2,1-8H3,(H,25,28)/t19?,20-,21+/m1/s1. The summed E-state index contributed by atoms with van der Waals surface area (Å²) in [5, 5.41) is 3.04. The van der Waals surface area contributed by atoms with E-state index in [2.05, 4.69) is 24.1 Å². The van der Waals surface area contributed by atoms with E-state index in [1.807, 2.05) is 20.8 Å². The van der Waals surface area contributed by atoms with Crippen molar-refractivity contribution in [2.24, 2.45) is 5.92 Å². The van der Waals surface area contributed by atoms with Crippen molar-refractivity contribution >= 4 is 17.8 Å². The second-order valence-electron chi connectivity index (χ2n) is 9.07. The Morgan fingerprint density at radius 1 is 1.16 bits per heavy atom. The first-order valence-electron chi connectivity index (χ1n) is 11.7. The van der Waals surface area contributed by atoms with Crippen LogP contribution in [0.4, 0.5) is 0 Å². The van der Waals surface area contributed by atoms with E-state index in [0.29, 0.717) is 18.6 Å². The van der Waals surface area contributed by atoms with E-state index in [4.69, 9.17) is 4.74 Å². The fourth-order valence-corrected chi connectivity index (χ4v) is 4.10. The van der Waals surface area contributed by atoms with Crippen molar-refractivity contribution in [1.82, 2.24) is 15.1 Å². The van der Waals surface area contributed by atoms with E-state index in [0.717, 1.165) is 25.8 Å². The lowest BCUT2D eigenvalue weighted by Gasteiger charge is -2.39. The van der Waals surface area contributed by atoms with Gasteiger partial charge in [-0.2, -0.15) is 0 Å². The Labute approximate surface area is 188 Å². The monoisotopic (exact) mass is 437 g/mol. The van der Waals surface area contributed by atoms with Gasteiger partial charge in [0.1, 0.15) is 6.04 Å². The van der Waals surface area contributed by atoms with Gasteiger partial charge in [-0.3, -0.25) is 14.5 Å². The van der Waals surface area contributed by atoms with Crippen molar-refractivity contribution in [3.05, 3.63) is 11.6 Å². The molecule has 1 fully saturated rings. The average Bonchev–Trinajstić information content (AvgIpc) is 2.74. The lowest BCUT2D eigenvalue weighted by molar-refractivity contribution is -0.140. The molecule has 1 heterocycles. The molecule has 0 aromatic rings. The van der Waals surface area contributed by atoms with Crippen LogP contribution in [0.2, 0.25) is 0 Å². The molecule has 0 radical (unpaired) electrons. The number of hydrogen-bond acceptors (Lipinski definition) is 5. The van der Waals surface area contributed by atoms with Crippen LogP contribution in [0.5, 0.6) is 0 Å². The molecule has 1 N–H and O–H groups in total. The molecule has 7 heteroatoms. The van der Waals surface area contributed by atoms with Gasteiger partial charge < -0.3 is 15.0 Å². The van der Waals surface area contributed by atoms with Crippen LogP contribution >= 0.6 is 0 Å². The maximum absolute atomic E-state index is 13.3. The minimum Gasteiger partial charge on any atom is -0.463 e. The number of likely N-dealkylation sites (tertiary alicyclic amines) is 1. The highest BCUT2D eigenvalue weighted by Crippen LogP contribution is 2.21. The molecule has 0 aromatic heterocycles. The zero-order chi connectivity index (χ0) is 23.7. The van der Waals surface area contributed by atoms with Crippen molar-refractivity contribution in [2.45, 2.75) is 98.3 Å². The Balaban J connectivity index is 2.97. The molecule has 0 aromatic carbocycles. The number of nitrogens with one attached hydrogen (secondary N) is 1. The smallest absolute Gasteiger partial charge is 0.333 e. The van der Waals surface area contributed by atoms with Gasteiger partial charge in [-0.05, 0) is 59.4 Å². The number of esters is 1. The summed E-state index contributed by atoms with van der Waals surface area (Å²) < 4.78 is 5.05. The summed E-state index contributed by atoms with van der Waals surface area (Å²) in [6, 6.07) is -0.774. The predicted molar refractivity (Wildman–Crippen MR) is 123 cm³/mol. The van der Waals surface area contributed by atoms with Crippen LogP contribution < -0.4 is 5.32 Å². The maximum Gasteiger partial charge on any atom is 0.333 e. The Morgan fingerprint density at radius 3 is 2.32 bits per heavy atom. The third kappa shape index (κ3) is 7.63. The Kier molecular flexibility index (Phi) is 11.2. The maximum atomic E-state index is 13.3. The summed E-state index contributed by atoms with van der Waals surface area (Å²) in [7, 11) is 1.73. The van der Waals surface area contributed by atoms with Gasteiger partial charge in [0.25, 0.3) is 0 Å². The number of carbonyl (C=O) groups excluding carboxylic acids is 3. The fourth-order valence-electron chi connectivity index (χ4n) is 4.10. The minimum atomic E-state index is -0.612. The molecule has 7 nitrogen and oxygen atoms in total. The summed E-state index contributed by atoms with van der Waals surface area (Å²) in [5.41, 5.74) is 0.480. The van der Waals surface area contributed by atoms with E-state index < -0.39 is 6.04 Å². The highest BCUT2D eigenvalue weighted by molar-refractivity contribution is 5.91. The number of nitrogens with zero attached hydrogens (tertiary/aromatic N) is 2. The van der Waals surface area contributed by atoms with Crippen LogP contribution in [0.15, 0.2) is 11.6 Å². The zero-order valence-corrected chi connectivity index (χ0v) is 20.7. The van der Waals surface area contributed by atoms with Gasteiger partial charge >= 0.3 is 5.97 Å². The van der Waals surface area contributed by atoms with Crippen molar-refractivity contribution in [1.29, 1.82) is 0 Å². The summed E-state index contributed by atoms with van der Waals surface area (Å²) in [6.45, 7) is 14.7. The van der Waals surface area contributed by atoms with Crippen LogP contribution in [-0.4, -0.2) is 72.0 Å². The zero-order valence-electron chi connectivity index (χ0n) is 20.7. The summed E-state index contributed by atoms with van der Waals surface area (Å²) in [5.74, 6) is -0.639. The van der Waals surface area contributed by atoms with Crippen molar-refractivity contribution in [3.8, 4) is 0 Å². The number of rotatable bonds is 10. The van der Waals surface area contributed by atoms with Gasteiger partial charge in [0.2, 0.25) is 11.8 Å². The summed E-state index contributed by atoms with van der Waals surface area (Å²) >= 11 is 0. The van der Waals surface area contributed by atoms with Crippen molar-refractivity contribution < 1.29 is 19.1 Å². The van der Waals surface area contributed by atoms with Gasteiger partial charge in [0.15, 0.2) is 0 Å². The van der Waals surface area contributed by atoms with Gasteiger partial charge in [-0.1, -0.05) is 33.3 Å². The normalized spacial score (nSPS) is 19.8. The van der Waals surface area contributed by atoms with E-state index in [-0.39, 0.29) is 41.8 Å². The third-order valence-corrected chi connectivity index (χ3v) is 6.04. The van der Waals surface area contributed by atoms with E-state index in [9.17, 15) is 14.4 Å². The highest BCUT2D eigenvalue weighted by atomic mass is 16.5. The van der Waals surface area contributed by atoms with Crippen molar-refractivity contribution in [3.63, 3.8) is 0 Å². The lowest BCUT2D eigenvalue weighted by atomic mass is 9.97. The molecule has 1 unspecified atom stereocenters. The Hall–Kier alpha value is -1.89. The largest absolute Gasteiger partial charge is 0.463 e. The quantitative estimate of drug-likeness (QED) is 0.420. The molecule has 1 aliphatic rings. The van der Waals surface area contributed by atoms with Crippen LogP contribution in [0.25, 0.3) is 0 Å². The molecule has 31 heavy (non-hydrogen) atoms. The number of carbonyl (C=O) groups is 3. The van der Waals surface area contributed by atoms with E-state index >= 15 is 0 Å². The van der Waals surface area contributed by atoms with E-state index in [1.165, 1.54) is 0 Å². The molecule has 178 valence electrons. The van der Waals surface area contributed by atoms with Gasteiger partial charge in [-0.15, -0.1) is 0 Å². The SMILES string of the molecule is CCOC(=O)C(C)=CC(CC)N(C)C(=O)[C@@H](NC(=O)[C@H]1CCCCN1C(C)C)C(C)C. The van der Waals surface area contributed by atoms with Gasteiger partial charge in [-0.25, -0.2) is 4.79 Å². The minimum absolute atomic E-state index is 0.0531. The first kappa shape index (κ1) is 27.1. The summed E-state index contributed by atoms with van der Waals surface area (Å²) in [6.07, 6.45) is 5.37. The second-order valence-corrected chi connectivity index (χ2v) is 9.07. The molecule has 0 bridgehead atoms. The van der Waals surface area contributed by atoms with Crippen molar-refractivity contribution in [2.75, 3.05) is 20.2 Å². The molecule has 1 rings (SSSR count). The molecule has 0 saturated carbocycles. The molecule has 2 amide bonds. The molecular weight excluding hydrogens is 394 g/mol. The van der Waals surface area contributed by atoms with Crippen LogP contribution in [0, 0.1) is 5.92 Å². The fraction of sp³-hybridized carbons (Fsp3) is 0.792. The number of piperidine rings is 1. The van der Waals surface area contributed by atoms with Gasteiger partial charge in [0.05, 0.1) is 18.7 Å². The van der Waals surface area contributed by atoms with Crippen LogP contribution in [0.1, 0.15) is 74.1 Å². The van der Waals surface area contributed by atoms with Gasteiger partial charge in [0, 0.05) is 18.7 Å². The molecule has 3 atom stereocenters. The number of amides is 2. The number of ether oxygens (including phenoxy) is 1. The first-order valence-corrected chi connectivity index (χ1v) is 11.7. The summed E-state index contributed by atoms with van der Waals surface area (Å²) in [4.78, 5) is 42.3. The predicted octanol–water partition coefficient (Wildman–Crippen LogP) is 3.14.